The van der Waals surface area contributed by atoms with E-state index < -0.39 is 5.97 Å². The van der Waals surface area contributed by atoms with E-state index in [9.17, 15) is 9.59 Å². The fourth-order valence-corrected chi connectivity index (χ4v) is 4.43. The predicted molar refractivity (Wildman–Crippen MR) is 115 cm³/mol. The van der Waals surface area contributed by atoms with Crippen molar-refractivity contribution in [1.29, 1.82) is 0 Å². The minimum atomic E-state index is -0.782. The van der Waals surface area contributed by atoms with E-state index in [2.05, 4.69) is 24.0 Å². The average Bonchev–Trinajstić information content (AvgIpc) is 2.71. The average molecular weight is 395 g/mol. The highest BCUT2D eigenvalue weighted by Crippen LogP contribution is 2.30. The van der Waals surface area contributed by atoms with E-state index in [-0.39, 0.29) is 18.2 Å². The van der Waals surface area contributed by atoms with Crippen LogP contribution in [-0.4, -0.2) is 60.0 Å². The van der Waals surface area contributed by atoms with E-state index in [0.29, 0.717) is 31.1 Å². The number of benzene rings is 2. The molecule has 1 aliphatic heterocycles. The Bertz CT molecular complexity index is 878. The molecule has 3 rings (SSSR count). The molecule has 5 nitrogen and oxygen atoms in total. The highest BCUT2D eigenvalue weighted by molar-refractivity contribution is 6.01. The number of likely N-dealkylation sites (tertiary alicyclic amines) is 1. The Hall–Kier alpha value is -2.66. The summed E-state index contributed by atoms with van der Waals surface area (Å²) in [5.41, 5.74) is 3.87. The maximum Gasteiger partial charge on any atom is 0.303 e. The van der Waals surface area contributed by atoms with Crippen LogP contribution >= 0.6 is 0 Å². The normalized spacial score (nSPS) is 19.4. The third kappa shape index (κ3) is 4.85. The molecule has 1 N–H and O–H groups in total. The first-order valence-electron chi connectivity index (χ1n) is 10.2. The van der Waals surface area contributed by atoms with Crippen LogP contribution in [-0.2, 0) is 4.79 Å². The molecule has 2 atom stereocenters. The van der Waals surface area contributed by atoms with Crippen molar-refractivity contribution in [1.82, 2.24) is 9.80 Å². The summed E-state index contributed by atoms with van der Waals surface area (Å²) in [5.74, 6) is -0.596. The van der Waals surface area contributed by atoms with Crippen LogP contribution in [0.2, 0.25) is 0 Å². The molecule has 0 spiro atoms. The van der Waals surface area contributed by atoms with Crippen molar-refractivity contribution in [3.05, 3.63) is 59.7 Å². The molecule has 2 aromatic carbocycles. The van der Waals surface area contributed by atoms with Crippen LogP contribution in [0.25, 0.3) is 11.1 Å². The number of piperidine rings is 1. The Kier molecular flexibility index (Phi) is 6.70. The number of carbonyl (C=O) groups excluding carboxylic acids is 1. The third-order valence-corrected chi connectivity index (χ3v) is 5.97. The minimum absolute atomic E-state index is 0.0291. The smallest absolute Gasteiger partial charge is 0.303 e. The molecule has 5 heteroatoms. The molecule has 0 aliphatic carbocycles. The number of hydrogen-bond acceptors (Lipinski definition) is 3. The third-order valence-electron chi connectivity index (χ3n) is 5.97. The highest BCUT2D eigenvalue weighted by atomic mass is 16.4. The number of carbonyl (C=O) groups is 2. The standard InChI is InChI=1S/C24H30N2O3/c1-17-8-4-5-9-19(17)20-10-6-7-11-21(20)24(29)26-15-14-22(25(2)3)18(16-26)12-13-23(27)28/h4-11,18,22H,12-16H2,1-3H3,(H,27,28). The number of rotatable bonds is 6. The summed E-state index contributed by atoms with van der Waals surface area (Å²) in [6.07, 6.45) is 1.58. The first kappa shape index (κ1) is 21.1. The summed E-state index contributed by atoms with van der Waals surface area (Å²) >= 11 is 0. The number of hydrogen-bond donors (Lipinski definition) is 1. The van der Waals surface area contributed by atoms with E-state index in [1.54, 1.807) is 0 Å². The van der Waals surface area contributed by atoms with Crippen LogP contribution in [0.3, 0.4) is 0 Å². The van der Waals surface area contributed by atoms with Gasteiger partial charge in [0.05, 0.1) is 0 Å². The lowest BCUT2D eigenvalue weighted by Gasteiger charge is -2.41. The molecule has 1 heterocycles. The van der Waals surface area contributed by atoms with E-state index in [4.69, 9.17) is 5.11 Å². The number of aryl methyl sites for hydroxylation is 1. The Morgan fingerprint density at radius 2 is 1.72 bits per heavy atom. The summed E-state index contributed by atoms with van der Waals surface area (Å²) in [6, 6.07) is 16.2. The van der Waals surface area contributed by atoms with Gasteiger partial charge in [-0.25, -0.2) is 0 Å². The molecule has 0 radical (unpaired) electrons. The van der Waals surface area contributed by atoms with E-state index in [0.717, 1.165) is 23.1 Å². The van der Waals surface area contributed by atoms with Crippen LogP contribution in [0.5, 0.6) is 0 Å². The van der Waals surface area contributed by atoms with E-state index >= 15 is 0 Å². The Balaban J connectivity index is 1.86. The largest absolute Gasteiger partial charge is 0.481 e. The van der Waals surface area contributed by atoms with Gasteiger partial charge in [0.2, 0.25) is 0 Å². The summed E-state index contributed by atoms with van der Waals surface area (Å²) in [6.45, 7) is 3.34. The Labute approximate surface area is 172 Å². The quantitative estimate of drug-likeness (QED) is 0.807. The van der Waals surface area contributed by atoms with Gasteiger partial charge in [-0.05, 0) is 62.5 Å². The van der Waals surface area contributed by atoms with Crippen LogP contribution in [0.4, 0.5) is 0 Å². The second-order valence-electron chi connectivity index (χ2n) is 8.12. The number of aliphatic carboxylic acids is 1. The fraction of sp³-hybridized carbons (Fsp3) is 0.417. The second kappa shape index (κ2) is 9.23. The van der Waals surface area contributed by atoms with Crippen molar-refractivity contribution in [2.45, 2.75) is 32.2 Å². The molecule has 0 bridgehead atoms. The monoisotopic (exact) mass is 394 g/mol. The van der Waals surface area contributed by atoms with Crippen LogP contribution < -0.4 is 0 Å². The van der Waals surface area contributed by atoms with Gasteiger partial charge in [-0.15, -0.1) is 0 Å². The molecule has 154 valence electrons. The van der Waals surface area contributed by atoms with Crippen molar-refractivity contribution in [2.75, 3.05) is 27.2 Å². The van der Waals surface area contributed by atoms with Gasteiger partial charge >= 0.3 is 5.97 Å². The van der Waals surface area contributed by atoms with Gasteiger partial charge < -0.3 is 14.9 Å². The SMILES string of the molecule is Cc1ccccc1-c1ccccc1C(=O)N1CCC(N(C)C)C(CCC(=O)O)C1. The lowest BCUT2D eigenvalue weighted by atomic mass is 9.86. The van der Waals surface area contributed by atoms with Crippen molar-refractivity contribution in [3.63, 3.8) is 0 Å². The topological polar surface area (TPSA) is 60.9 Å². The zero-order valence-electron chi connectivity index (χ0n) is 17.5. The predicted octanol–water partition coefficient (Wildman–Crippen LogP) is 3.92. The molecule has 2 unspecified atom stereocenters. The zero-order valence-corrected chi connectivity index (χ0v) is 17.5. The maximum absolute atomic E-state index is 13.5. The maximum atomic E-state index is 13.5. The van der Waals surface area contributed by atoms with Gasteiger partial charge in [0.25, 0.3) is 5.91 Å². The zero-order chi connectivity index (χ0) is 21.0. The van der Waals surface area contributed by atoms with Gasteiger partial charge in [-0.3, -0.25) is 9.59 Å². The van der Waals surface area contributed by atoms with Gasteiger partial charge in [-0.2, -0.15) is 0 Å². The van der Waals surface area contributed by atoms with E-state index in [1.165, 1.54) is 0 Å². The first-order valence-corrected chi connectivity index (χ1v) is 10.2. The lowest BCUT2D eigenvalue weighted by molar-refractivity contribution is -0.137. The Morgan fingerprint density at radius 1 is 1.07 bits per heavy atom. The van der Waals surface area contributed by atoms with Crippen LogP contribution in [0, 0.1) is 12.8 Å². The van der Waals surface area contributed by atoms with Gasteiger partial charge in [0.15, 0.2) is 0 Å². The number of carboxylic acid groups (broad SMARTS) is 1. The lowest BCUT2D eigenvalue weighted by Crippen LogP contribution is -2.50. The summed E-state index contributed by atoms with van der Waals surface area (Å²) in [7, 11) is 4.06. The molecule has 29 heavy (non-hydrogen) atoms. The Morgan fingerprint density at radius 3 is 2.38 bits per heavy atom. The fourth-order valence-electron chi connectivity index (χ4n) is 4.43. The minimum Gasteiger partial charge on any atom is -0.481 e. The molecule has 1 amide bonds. The summed E-state index contributed by atoms with van der Waals surface area (Å²) < 4.78 is 0. The molecule has 1 fully saturated rings. The van der Waals surface area contributed by atoms with Crippen molar-refractivity contribution >= 4 is 11.9 Å². The van der Waals surface area contributed by atoms with E-state index in [1.807, 2.05) is 55.4 Å². The summed E-state index contributed by atoms with van der Waals surface area (Å²) in [4.78, 5) is 28.6. The van der Waals surface area contributed by atoms with Gasteiger partial charge in [0, 0.05) is 31.1 Å². The van der Waals surface area contributed by atoms with Gasteiger partial charge in [-0.1, -0.05) is 42.5 Å². The summed E-state index contributed by atoms with van der Waals surface area (Å²) in [5, 5.41) is 9.12. The van der Waals surface area contributed by atoms with Crippen LogP contribution in [0.1, 0.15) is 35.2 Å². The number of carboxylic acids is 1. The molecule has 0 saturated carbocycles. The number of amides is 1. The van der Waals surface area contributed by atoms with Crippen molar-refractivity contribution < 1.29 is 14.7 Å². The molecule has 0 aromatic heterocycles. The van der Waals surface area contributed by atoms with Crippen molar-refractivity contribution in [3.8, 4) is 11.1 Å². The number of nitrogens with zero attached hydrogens (tertiary/aromatic N) is 2. The second-order valence-corrected chi connectivity index (χ2v) is 8.12. The van der Waals surface area contributed by atoms with Gasteiger partial charge in [0.1, 0.15) is 0 Å². The molecule has 1 aliphatic rings. The van der Waals surface area contributed by atoms with Crippen molar-refractivity contribution in [2.24, 2.45) is 5.92 Å². The van der Waals surface area contributed by atoms with Crippen LogP contribution in [0.15, 0.2) is 48.5 Å². The molecule has 2 aromatic rings. The molecular formula is C24H30N2O3. The molecular weight excluding hydrogens is 364 g/mol. The first-order chi connectivity index (χ1) is 13.9. The molecule has 1 saturated heterocycles. The highest BCUT2D eigenvalue weighted by Gasteiger charge is 2.33.